The highest BCUT2D eigenvalue weighted by Crippen LogP contribution is 2.38. The zero-order valence-corrected chi connectivity index (χ0v) is 29.0. The van der Waals surface area contributed by atoms with Crippen molar-refractivity contribution in [2.45, 2.75) is 147 Å². The number of cyclic esters (lactones) is 1. The Morgan fingerprint density at radius 1 is 0.896 bits per heavy atom. The van der Waals surface area contributed by atoms with Crippen molar-refractivity contribution >= 4 is 23.4 Å². The summed E-state index contributed by atoms with van der Waals surface area (Å²) in [6.07, 6.45) is 9.22. The van der Waals surface area contributed by atoms with Crippen molar-refractivity contribution in [3.63, 3.8) is 0 Å². The molecule has 48 heavy (non-hydrogen) atoms. The molecule has 0 radical (unpaired) electrons. The van der Waals surface area contributed by atoms with Crippen LogP contribution in [0.25, 0.3) is 0 Å². The molecule has 4 aliphatic rings. The summed E-state index contributed by atoms with van der Waals surface area (Å²) in [5.41, 5.74) is 0. The first-order valence-electron chi connectivity index (χ1n) is 18.1. The molecule has 3 aliphatic heterocycles. The first kappa shape index (κ1) is 38.4. The Hall–Kier alpha value is -2.44. The molecular weight excluding hydrogens is 618 g/mol. The van der Waals surface area contributed by atoms with Gasteiger partial charge in [0.25, 0.3) is 11.7 Å². The molecule has 3 heterocycles. The number of ketones is 2. The molecule has 2 bridgehead atoms. The molecule has 270 valence electrons. The summed E-state index contributed by atoms with van der Waals surface area (Å²) in [7, 11) is 0. The van der Waals surface area contributed by atoms with Crippen molar-refractivity contribution < 1.29 is 49.1 Å². The fourth-order valence-corrected chi connectivity index (χ4v) is 7.73. The van der Waals surface area contributed by atoms with E-state index in [9.17, 15) is 39.6 Å². The lowest BCUT2D eigenvalue weighted by molar-refractivity contribution is -0.268. The number of carbonyl (C=O) groups is 4. The molecule has 0 aromatic carbocycles. The van der Waals surface area contributed by atoms with E-state index in [4.69, 9.17) is 9.47 Å². The number of allylic oxidation sites excluding steroid dienone is 4. The Balaban J connectivity index is 1.60. The van der Waals surface area contributed by atoms with Gasteiger partial charge < -0.3 is 34.8 Å². The van der Waals surface area contributed by atoms with Crippen molar-refractivity contribution in [2.75, 3.05) is 6.54 Å². The van der Waals surface area contributed by atoms with E-state index in [0.717, 1.165) is 6.42 Å². The number of aliphatic hydroxyl groups excluding tert-OH is 3. The SMILES string of the molecule is C[C@@H]1/C=C\CC/C=C/C(=O)[C@@H](C)[C@@H]2CC[C@@H](C)[C@@](O)(O2)C(=O)C(=O)N2CCCC[C@H]2C(=O)O[C@H]([C@@H](C)C[C@@H]2CC[C@@H](O)[C@H](O)[C@H]2O)CC1. The van der Waals surface area contributed by atoms with Crippen molar-refractivity contribution in [2.24, 2.45) is 29.6 Å². The fourth-order valence-electron chi connectivity index (χ4n) is 7.73. The van der Waals surface area contributed by atoms with Gasteiger partial charge in [-0.05, 0) is 101 Å². The van der Waals surface area contributed by atoms with Gasteiger partial charge in [-0.3, -0.25) is 14.4 Å². The number of piperidine rings is 1. The van der Waals surface area contributed by atoms with Gasteiger partial charge in [0.15, 0.2) is 5.78 Å². The Kier molecular flexibility index (Phi) is 13.6. The topological polar surface area (TPSA) is 171 Å². The van der Waals surface area contributed by atoms with E-state index < -0.39 is 71.8 Å². The third-order valence-corrected chi connectivity index (χ3v) is 11.2. The lowest BCUT2D eigenvalue weighted by atomic mass is 9.76. The quantitative estimate of drug-likeness (QED) is 0.198. The first-order valence-corrected chi connectivity index (χ1v) is 18.1. The Bertz CT molecular complexity index is 1200. The number of amides is 1. The van der Waals surface area contributed by atoms with E-state index in [-0.39, 0.29) is 30.1 Å². The average molecular weight is 676 g/mol. The van der Waals surface area contributed by atoms with Crippen LogP contribution in [-0.2, 0) is 28.7 Å². The molecule has 1 amide bonds. The van der Waals surface area contributed by atoms with Gasteiger partial charge in [0, 0.05) is 18.4 Å². The average Bonchev–Trinajstić information content (AvgIpc) is 3.07. The van der Waals surface area contributed by atoms with Gasteiger partial charge in [-0.2, -0.15) is 0 Å². The molecule has 12 atom stereocenters. The van der Waals surface area contributed by atoms with E-state index >= 15 is 0 Å². The zero-order chi connectivity index (χ0) is 35.2. The second-order valence-corrected chi connectivity index (χ2v) is 14.9. The van der Waals surface area contributed by atoms with E-state index in [1.54, 1.807) is 13.8 Å². The van der Waals surface area contributed by atoms with Crippen LogP contribution in [0.1, 0.15) is 105 Å². The van der Waals surface area contributed by atoms with Crippen molar-refractivity contribution in [1.29, 1.82) is 0 Å². The van der Waals surface area contributed by atoms with Crippen LogP contribution in [0, 0.1) is 29.6 Å². The zero-order valence-electron chi connectivity index (χ0n) is 29.0. The van der Waals surface area contributed by atoms with E-state index in [2.05, 4.69) is 19.1 Å². The summed E-state index contributed by atoms with van der Waals surface area (Å²) in [4.78, 5) is 55.7. The normalized spacial score (nSPS) is 41.8. The Morgan fingerprint density at radius 2 is 1.62 bits per heavy atom. The van der Waals surface area contributed by atoms with E-state index in [1.807, 2.05) is 13.0 Å². The van der Waals surface area contributed by atoms with Crippen LogP contribution in [-0.4, -0.2) is 97.7 Å². The van der Waals surface area contributed by atoms with Crippen molar-refractivity contribution in [3.05, 3.63) is 24.3 Å². The highest BCUT2D eigenvalue weighted by atomic mass is 16.6. The standard InChI is InChI=1S/C37H57NO10/c1-22-11-7-5-6-8-13-28(39)25(4)31-19-15-24(3)37(46,48-31)34(43)35(44)38-20-10-9-12-27(38)36(45)47-30(18-14-22)23(2)21-26-16-17-29(40)33(42)32(26)41/h7-8,11,13,22-27,29-33,40-42,46H,5-6,9-10,12,14-21H2,1-4H3/b11-7-,13-8+/t22-,23+,24-,25-,26+,27+,29-,30+,31+,32+,33+,37-/m1/s1. The summed E-state index contributed by atoms with van der Waals surface area (Å²) in [6.45, 7) is 7.51. The van der Waals surface area contributed by atoms with Crippen LogP contribution in [0.3, 0.4) is 0 Å². The van der Waals surface area contributed by atoms with Crippen LogP contribution in [0.15, 0.2) is 24.3 Å². The number of Topliss-reactive ketones (excluding diaryl/α,β-unsaturated/α-hetero) is 1. The fraction of sp³-hybridized carbons (Fsp3) is 0.784. The van der Waals surface area contributed by atoms with Crippen LogP contribution in [0.5, 0.6) is 0 Å². The number of aliphatic hydroxyl groups is 4. The number of fused-ring (bicyclic) bond motifs is 3. The van der Waals surface area contributed by atoms with Gasteiger partial charge in [-0.1, -0.05) is 45.9 Å². The molecule has 0 aromatic heterocycles. The number of hydrogen-bond donors (Lipinski definition) is 4. The predicted octanol–water partition coefficient (Wildman–Crippen LogP) is 3.40. The second-order valence-electron chi connectivity index (χ2n) is 14.9. The molecule has 1 saturated carbocycles. The largest absolute Gasteiger partial charge is 0.461 e. The van der Waals surface area contributed by atoms with E-state index in [1.165, 1.54) is 11.0 Å². The molecule has 3 fully saturated rings. The smallest absolute Gasteiger partial charge is 0.329 e. The van der Waals surface area contributed by atoms with Crippen LogP contribution in [0.2, 0.25) is 0 Å². The lowest BCUT2D eigenvalue weighted by Crippen LogP contribution is -2.61. The molecule has 0 aromatic rings. The molecule has 11 heteroatoms. The van der Waals surface area contributed by atoms with Gasteiger partial charge in [-0.15, -0.1) is 0 Å². The van der Waals surface area contributed by atoms with Crippen LogP contribution < -0.4 is 0 Å². The molecule has 0 unspecified atom stereocenters. The minimum absolute atomic E-state index is 0.147. The van der Waals surface area contributed by atoms with Gasteiger partial charge in [-0.25, -0.2) is 4.79 Å². The minimum atomic E-state index is -2.43. The van der Waals surface area contributed by atoms with Gasteiger partial charge >= 0.3 is 5.97 Å². The van der Waals surface area contributed by atoms with Crippen molar-refractivity contribution in [1.82, 2.24) is 4.90 Å². The monoisotopic (exact) mass is 675 g/mol. The molecule has 11 nitrogen and oxygen atoms in total. The first-order chi connectivity index (χ1) is 22.7. The molecule has 1 aliphatic carbocycles. The lowest BCUT2D eigenvalue weighted by Gasteiger charge is -2.43. The third kappa shape index (κ3) is 9.01. The Labute approximate surface area is 284 Å². The van der Waals surface area contributed by atoms with Crippen LogP contribution >= 0.6 is 0 Å². The van der Waals surface area contributed by atoms with Gasteiger partial charge in [0.1, 0.15) is 18.2 Å². The maximum Gasteiger partial charge on any atom is 0.329 e. The van der Waals surface area contributed by atoms with E-state index in [0.29, 0.717) is 70.6 Å². The molecule has 4 N–H and O–H groups in total. The number of nitrogens with zero attached hydrogens (tertiary/aromatic N) is 1. The molecule has 2 saturated heterocycles. The summed E-state index contributed by atoms with van der Waals surface area (Å²) in [6, 6.07) is -1.02. The highest BCUT2D eigenvalue weighted by molar-refractivity contribution is 6.39. The number of carbonyl (C=O) groups excluding carboxylic acids is 4. The third-order valence-electron chi connectivity index (χ3n) is 11.2. The second kappa shape index (κ2) is 17.0. The summed E-state index contributed by atoms with van der Waals surface area (Å²) in [5.74, 6) is -7.02. The molecule has 0 spiro atoms. The highest BCUT2D eigenvalue weighted by Gasteiger charge is 2.53. The van der Waals surface area contributed by atoms with Gasteiger partial charge in [0.2, 0.25) is 5.79 Å². The van der Waals surface area contributed by atoms with Crippen LogP contribution in [0.4, 0.5) is 0 Å². The maximum absolute atomic E-state index is 13.9. The number of esters is 1. The molecule has 4 rings (SSSR count). The summed E-state index contributed by atoms with van der Waals surface area (Å²) < 4.78 is 12.1. The number of rotatable bonds is 3. The summed E-state index contributed by atoms with van der Waals surface area (Å²) >= 11 is 0. The van der Waals surface area contributed by atoms with Crippen molar-refractivity contribution in [3.8, 4) is 0 Å². The summed E-state index contributed by atoms with van der Waals surface area (Å²) in [5, 5.41) is 42.6. The number of hydrogen-bond acceptors (Lipinski definition) is 10. The minimum Gasteiger partial charge on any atom is -0.461 e. The molecular formula is C37H57NO10. The Morgan fingerprint density at radius 3 is 2.38 bits per heavy atom. The number of ether oxygens (including phenoxy) is 2. The van der Waals surface area contributed by atoms with Gasteiger partial charge in [0.05, 0.1) is 18.3 Å². The predicted molar refractivity (Wildman–Crippen MR) is 177 cm³/mol. The maximum atomic E-state index is 13.9.